The van der Waals surface area contributed by atoms with Crippen LogP contribution in [0.5, 0.6) is 5.75 Å². The molecular formula is C22H25ClF3NO6S. The van der Waals surface area contributed by atoms with Crippen LogP contribution in [0.3, 0.4) is 0 Å². The zero-order valence-electron chi connectivity index (χ0n) is 18.7. The molecule has 34 heavy (non-hydrogen) atoms. The first kappa shape index (κ1) is 27.7. The predicted molar refractivity (Wildman–Crippen MR) is 120 cm³/mol. The van der Waals surface area contributed by atoms with Crippen LogP contribution in [0.1, 0.15) is 38.0 Å². The van der Waals surface area contributed by atoms with Crippen molar-refractivity contribution < 1.29 is 40.4 Å². The van der Waals surface area contributed by atoms with E-state index in [0.29, 0.717) is 16.1 Å². The quantitative estimate of drug-likeness (QED) is 0.383. The summed E-state index contributed by atoms with van der Waals surface area (Å²) >= 11 is 5.97. The molecule has 0 saturated carbocycles. The molecule has 2 aromatic carbocycles. The van der Waals surface area contributed by atoms with Crippen LogP contribution in [0.2, 0.25) is 5.02 Å². The van der Waals surface area contributed by atoms with Gasteiger partial charge in [0.25, 0.3) is 0 Å². The summed E-state index contributed by atoms with van der Waals surface area (Å²) < 4.78 is 69.1. The lowest BCUT2D eigenvalue weighted by molar-refractivity contribution is -0.0500. The topological polar surface area (TPSA) is 93.1 Å². The van der Waals surface area contributed by atoms with Gasteiger partial charge in [0, 0.05) is 11.6 Å². The maximum atomic E-state index is 12.7. The van der Waals surface area contributed by atoms with Crippen LogP contribution in [0.25, 0.3) is 0 Å². The zero-order valence-corrected chi connectivity index (χ0v) is 20.2. The molecule has 0 fully saturated rings. The molecule has 2 rings (SSSR count). The first-order chi connectivity index (χ1) is 15.6. The van der Waals surface area contributed by atoms with Gasteiger partial charge < -0.3 is 18.9 Å². The number of halogens is 4. The Labute approximate surface area is 201 Å². The highest BCUT2D eigenvalue weighted by Gasteiger charge is 2.48. The number of amides is 1. The van der Waals surface area contributed by atoms with E-state index in [1.54, 1.807) is 45.0 Å². The van der Waals surface area contributed by atoms with Crippen molar-refractivity contribution in [3.8, 4) is 5.75 Å². The minimum Gasteiger partial charge on any atom is -0.444 e. The number of hydrogen-bond acceptors (Lipinski definition) is 6. The third-order valence-corrected chi connectivity index (χ3v) is 5.58. The molecule has 7 nitrogen and oxygen atoms in total. The van der Waals surface area contributed by atoms with E-state index in [0.717, 1.165) is 12.1 Å². The Morgan fingerprint density at radius 1 is 1.12 bits per heavy atom. The van der Waals surface area contributed by atoms with Gasteiger partial charge in [-0.25, -0.2) is 4.79 Å². The Balaban J connectivity index is 2.11. The summed E-state index contributed by atoms with van der Waals surface area (Å²) in [5.41, 5.74) is -5.22. The van der Waals surface area contributed by atoms with Crippen molar-refractivity contribution in [2.24, 2.45) is 0 Å². The van der Waals surface area contributed by atoms with Gasteiger partial charge >= 0.3 is 21.7 Å². The van der Waals surface area contributed by atoms with Crippen molar-refractivity contribution in [3.63, 3.8) is 0 Å². The molecule has 0 aliphatic rings. The second kappa shape index (κ2) is 10.8. The fourth-order valence-corrected chi connectivity index (χ4v) is 3.42. The molecule has 2 aromatic rings. The molecule has 0 aliphatic heterocycles. The Bertz CT molecular complexity index is 1090. The number of hydrogen-bond donors (Lipinski definition) is 1. The number of rotatable bonds is 8. The molecule has 0 aliphatic carbocycles. The summed E-state index contributed by atoms with van der Waals surface area (Å²) in [4.78, 5) is 14.0. The fourth-order valence-electron chi connectivity index (χ4n) is 2.76. The van der Waals surface area contributed by atoms with Gasteiger partial charge in [-0.1, -0.05) is 35.9 Å². The van der Waals surface area contributed by atoms with Crippen LogP contribution in [0.15, 0.2) is 48.5 Å². The SMILES string of the molecule is CC(C)(C)OC(=O)N(CCc1ccc(OS(=O)(=O)C(F)(F)F)cc1)C[C@@H](O)c1cccc(Cl)c1. The van der Waals surface area contributed by atoms with Gasteiger partial charge in [0.1, 0.15) is 11.4 Å². The number of alkyl halides is 3. The third kappa shape index (κ3) is 8.37. The largest absolute Gasteiger partial charge is 0.534 e. The Morgan fingerprint density at radius 3 is 2.26 bits per heavy atom. The second-order valence-electron chi connectivity index (χ2n) is 8.37. The van der Waals surface area contributed by atoms with E-state index in [-0.39, 0.29) is 19.5 Å². The van der Waals surface area contributed by atoms with E-state index in [1.165, 1.54) is 17.0 Å². The summed E-state index contributed by atoms with van der Waals surface area (Å²) in [6.45, 7) is 5.10. The number of nitrogens with zero attached hydrogens (tertiary/aromatic N) is 1. The minimum atomic E-state index is -5.77. The van der Waals surface area contributed by atoms with Gasteiger partial charge in [-0.15, -0.1) is 0 Å². The molecule has 188 valence electrons. The van der Waals surface area contributed by atoms with Crippen LogP contribution in [0, 0.1) is 0 Å². The summed E-state index contributed by atoms with van der Waals surface area (Å²) in [5.74, 6) is -0.499. The van der Waals surface area contributed by atoms with Gasteiger partial charge in [0.05, 0.1) is 12.6 Å². The van der Waals surface area contributed by atoms with E-state index < -0.39 is 39.2 Å². The second-order valence-corrected chi connectivity index (χ2v) is 10.3. The minimum absolute atomic E-state index is 0.0969. The molecule has 1 atom stereocenters. The van der Waals surface area contributed by atoms with Crippen molar-refractivity contribution in [1.29, 1.82) is 0 Å². The highest BCUT2D eigenvalue weighted by atomic mass is 35.5. The lowest BCUT2D eigenvalue weighted by Crippen LogP contribution is -2.40. The summed E-state index contributed by atoms with van der Waals surface area (Å²) in [6, 6.07) is 11.5. The third-order valence-electron chi connectivity index (χ3n) is 4.36. The molecule has 0 bridgehead atoms. The van der Waals surface area contributed by atoms with Gasteiger partial charge in [-0.3, -0.25) is 0 Å². The maximum absolute atomic E-state index is 12.7. The standard InChI is InChI=1S/C22H25ClF3NO6S/c1-21(2,3)32-20(29)27(14-19(28)16-5-4-6-17(23)13-16)12-11-15-7-9-18(10-8-15)33-34(30,31)22(24,25)26/h4-10,13,19,28H,11-12,14H2,1-3H3/t19-/m1/s1. The fraction of sp³-hybridized carbons (Fsp3) is 0.409. The Morgan fingerprint density at radius 2 is 1.74 bits per heavy atom. The van der Waals surface area contributed by atoms with Gasteiger partial charge in [-0.05, 0) is 62.6 Å². The van der Waals surface area contributed by atoms with Gasteiger partial charge in [0.15, 0.2) is 0 Å². The smallest absolute Gasteiger partial charge is 0.444 e. The molecule has 1 amide bonds. The van der Waals surface area contributed by atoms with Crippen molar-refractivity contribution >= 4 is 27.8 Å². The maximum Gasteiger partial charge on any atom is 0.534 e. The first-order valence-corrected chi connectivity index (χ1v) is 11.9. The molecule has 0 heterocycles. The van der Waals surface area contributed by atoms with Crippen molar-refractivity contribution in [2.45, 2.75) is 44.4 Å². The molecule has 0 saturated heterocycles. The Kier molecular flexibility index (Phi) is 8.84. The molecule has 0 aromatic heterocycles. The lowest BCUT2D eigenvalue weighted by Gasteiger charge is -2.29. The van der Waals surface area contributed by atoms with Crippen LogP contribution in [-0.2, 0) is 21.3 Å². The predicted octanol–water partition coefficient (Wildman–Crippen LogP) is 5.08. The van der Waals surface area contributed by atoms with E-state index in [1.807, 2.05) is 0 Å². The molecular weight excluding hydrogens is 499 g/mol. The van der Waals surface area contributed by atoms with E-state index in [9.17, 15) is 31.5 Å². The molecule has 0 spiro atoms. The molecule has 0 radical (unpaired) electrons. The van der Waals surface area contributed by atoms with Gasteiger partial charge in [0.2, 0.25) is 0 Å². The van der Waals surface area contributed by atoms with Crippen molar-refractivity contribution in [1.82, 2.24) is 4.90 Å². The van der Waals surface area contributed by atoms with E-state index in [4.69, 9.17) is 16.3 Å². The average molecular weight is 524 g/mol. The number of benzene rings is 2. The number of carbonyl (C=O) groups excluding carboxylic acids is 1. The van der Waals surface area contributed by atoms with Crippen LogP contribution in [-0.4, -0.2) is 48.7 Å². The zero-order chi connectivity index (χ0) is 25.7. The monoisotopic (exact) mass is 523 g/mol. The van der Waals surface area contributed by atoms with Crippen LogP contribution in [0.4, 0.5) is 18.0 Å². The highest BCUT2D eigenvalue weighted by molar-refractivity contribution is 7.88. The highest BCUT2D eigenvalue weighted by Crippen LogP contribution is 2.27. The summed E-state index contributed by atoms with van der Waals surface area (Å²) in [6.07, 6.45) is -1.47. The lowest BCUT2D eigenvalue weighted by atomic mass is 10.1. The molecule has 12 heteroatoms. The van der Waals surface area contributed by atoms with Gasteiger partial charge in [-0.2, -0.15) is 21.6 Å². The molecule has 0 unspecified atom stereocenters. The number of carbonyl (C=O) groups is 1. The average Bonchev–Trinajstić information content (AvgIpc) is 2.69. The number of aliphatic hydroxyl groups is 1. The summed E-state index contributed by atoms with van der Waals surface area (Å²) in [7, 11) is -5.77. The van der Waals surface area contributed by atoms with Crippen molar-refractivity contribution in [3.05, 3.63) is 64.7 Å². The van der Waals surface area contributed by atoms with Crippen LogP contribution >= 0.6 is 11.6 Å². The van der Waals surface area contributed by atoms with Crippen LogP contribution < -0.4 is 4.18 Å². The first-order valence-electron chi connectivity index (χ1n) is 10.1. The Hall–Kier alpha value is -2.50. The number of ether oxygens (including phenoxy) is 1. The summed E-state index contributed by atoms with van der Waals surface area (Å²) in [5, 5.41) is 11.0. The van der Waals surface area contributed by atoms with Crippen molar-refractivity contribution in [2.75, 3.05) is 13.1 Å². The van der Waals surface area contributed by atoms with E-state index >= 15 is 0 Å². The normalized spacial score (nSPS) is 13.3. The molecule has 1 N–H and O–H groups in total. The number of aliphatic hydroxyl groups excluding tert-OH is 1. The van der Waals surface area contributed by atoms with E-state index in [2.05, 4.69) is 4.18 Å².